The van der Waals surface area contributed by atoms with Gasteiger partial charge in [0, 0.05) is 36.2 Å². The van der Waals surface area contributed by atoms with Gasteiger partial charge < -0.3 is 9.64 Å². The fourth-order valence-corrected chi connectivity index (χ4v) is 3.28. The van der Waals surface area contributed by atoms with Gasteiger partial charge in [0.2, 0.25) is 5.91 Å². The number of likely N-dealkylation sites (tertiary alicyclic amines) is 1. The molecule has 1 aliphatic heterocycles. The fraction of sp³-hybridized carbons (Fsp3) is 0.368. The number of methoxy groups -OCH3 is 1. The smallest absolute Gasteiger partial charge is 0.223 e. The van der Waals surface area contributed by atoms with Crippen LogP contribution in [0.1, 0.15) is 34.7 Å². The highest BCUT2D eigenvalue weighted by Crippen LogP contribution is 2.30. The van der Waals surface area contributed by atoms with Gasteiger partial charge in [-0.25, -0.2) is 0 Å². The lowest BCUT2D eigenvalue weighted by Crippen LogP contribution is -2.25. The van der Waals surface area contributed by atoms with Gasteiger partial charge in [-0.15, -0.1) is 0 Å². The van der Waals surface area contributed by atoms with Crippen molar-refractivity contribution in [2.45, 2.75) is 32.7 Å². The minimum absolute atomic E-state index is 0.194. The third-order valence-corrected chi connectivity index (χ3v) is 4.58. The number of hydrogen-bond acceptors (Lipinski definition) is 3. The number of rotatable bonds is 4. The molecule has 3 rings (SSSR count). The van der Waals surface area contributed by atoms with Crippen LogP contribution in [0.2, 0.25) is 0 Å². The average Bonchev–Trinajstić information content (AvgIpc) is 2.92. The number of benzene rings is 1. The Morgan fingerprint density at radius 1 is 1.26 bits per heavy atom. The van der Waals surface area contributed by atoms with E-state index in [2.05, 4.69) is 17.1 Å². The molecule has 2 aromatic rings. The lowest BCUT2D eigenvalue weighted by Gasteiger charge is -2.19. The first-order valence-electron chi connectivity index (χ1n) is 7.92. The van der Waals surface area contributed by atoms with Crippen LogP contribution >= 0.6 is 0 Å². The normalized spacial score (nSPS) is 17.6. The van der Waals surface area contributed by atoms with E-state index in [9.17, 15) is 4.79 Å². The van der Waals surface area contributed by atoms with Gasteiger partial charge in [-0.3, -0.25) is 9.78 Å². The zero-order chi connectivity index (χ0) is 16.4. The van der Waals surface area contributed by atoms with Crippen LogP contribution in [0.5, 0.6) is 5.75 Å². The van der Waals surface area contributed by atoms with E-state index in [1.807, 2.05) is 43.1 Å². The summed E-state index contributed by atoms with van der Waals surface area (Å²) in [6, 6.07) is 10.3. The molecule has 2 heterocycles. The molecule has 4 nitrogen and oxygen atoms in total. The van der Waals surface area contributed by atoms with Gasteiger partial charge in [0.15, 0.2) is 0 Å². The van der Waals surface area contributed by atoms with Crippen molar-refractivity contribution < 1.29 is 9.53 Å². The topological polar surface area (TPSA) is 42.4 Å². The minimum Gasteiger partial charge on any atom is -0.496 e. The molecule has 0 aliphatic carbocycles. The Hall–Kier alpha value is -2.36. The molecule has 120 valence electrons. The van der Waals surface area contributed by atoms with Crippen molar-refractivity contribution >= 4 is 5.91 Å². The van der Waals surface area contributed by atoms with Crippen molar-refractivity contribution in [2.24, 2.45) is 0 Å². The van der Waals surface area contributed by atoms with E-state index >= 15 is 0 Å². The summed E-state index contributed by atoms with van der Waals surface area (Å²) < 4.78 is 5.45. The van der Waals surface area contributed by atoms with Crippen molar-refractivity contribution in [1.82, 2.24) is 9.88 Å². The van der Waals surface area contributed by atoms with Crippen LogP contribution in [0, 0.1) is 13.8 Å². The molecule has 1 aliphatic rings. The van der Waals surface area contributed by atoms with Gasteiger partial charge in [0.1, 0.15) is 5.75 Å². The van der Waals surface area contributed by atoms with Crippen LogP contribution < -0.4 is 4.74 Å². The van der Waals surface area contributed by atoms with E-state index in [4.69, 9.17) is 4.74 Å². The molecule has 0 radical (unpaired) electrons. The minimum atomic E-state index is 0.194. The Morgan fingerprint density at radius 3 is 2.70 bits per heavy atom. The first-order chi connectivity index (χ1) is 11.1. The number of amides is 1. The molecule has 1 unspecified atom stereocenters. The van der Waals surface area contributed by atoms with E-state index < -0.39 is 0 Å². The van der Waals surface area contributed by atoms with E-state index in [0.717, 1.165) is 29.1 Å². The molecular formula is C19H22N2O2. The summed E-state index contributed by atoms with van der Waals surface area (Å²) >= 11 is 0. The van der Waals surface area contributed by atoms with Gasteiger partial charge in [0.05, 0.1) is 19.3 Å². The van der Waals surface area contributed by atoms with Crippen LogP contribution in [0.3, 0.4) is 0 Å². The second-order valence-electron chi connectivity index (χ2n) is 6.13. The molecule has 4 heteroatoms. The lowest BCUT2D eigenvalue weighted by molar-refractivity contribution is -0.128. The molecule has 1 saturated heterocycles. The number of carbonyl (C=O) groups excluding carboxylic acids is 1. The van der Waals surface area contributed by atoms with Crippen LogP contribution in [-0.2, 0) is 11.3 Å². The molecule has 23 heavy (non-hydrogen) atoms. The van der Waals surface area contributed by atoms with Crippen LogP contribution in [0.25, 0.3) is 0 Å². The number of aryl methyl sites for hydroxylation is 1. The molecule has 1 fully saturated rings. The van der Waals surface area contributed by atoms with E-state index in [1.165, 1.54) is 5.56 Å². The predicted molar refractivity (Wildman–Crippen MR) is 89.5 cm³/mol. The monoisotopic (exact) mass is 310 g/mol. The fourth-order valence-electron chi connectivity index (χ4n) is 3.28. The van der Waals surface area contributed by atoms with Crippen molar-refractivity contribution in [2.75, 3.05) is 13.7 Å². The average molecular weight is 310 g/mol. The summed E-state index contributed by atoms with van der Waals surface area (Å²) in [7, 11) is 1.67. The molecular weight excluding hydrogens is 288 g/mol. The quantitative estimate of drug-likeness (QED) is 0.871. The predicted octanol–water partition coefficient (Wildman–Crippen LogP) is 3.22. The molecule has 1 atom stereocenters. The number of pyridine rings is 1. The number of aromatic nitrogens is 1. The molecule has 0 saturated carbocycles. The molecule has 0 N–H and O–H groups in total. The van der Waals surface area contributed by atoms with Crippen LogP contribution in [0.15, 0.2) is 36.5 Å². The van der Waals surface area contributed by atoms with Gasteiger partial charge in [0.25, 0.3) is 0 Å². The largest absolute Gasteiger partial charge is 0.496 e. The zero-order valence-electron chi connectivity index (χ0n) is 13.9. The number of ether oxygens (including phenoxy) is 1. The highest BCUT2D eigenvalue weighted by molar-refractivity contribution is 5.79. The number of hydrogen-bond donors (Lipinski definition) is 0. The highest BCUT2D eigenvalue weighted by Gasteiger charge is 2.31. The van der Waals surface area contributed by atoms with Crippen molar-refractivity contribution in [3.05, 3.63) is 58.9 Å². The summed E-state index contributed by atoms with van der Waals surface area (Å²) in [4.78, 5) is 18.8. The highest BCUT2D eigenvalue weighted by atomic mass is 16.5. The van der Waals surface area contributed by atoms with Crippen LogP contribution in [-0.4, -0.2) is 29.4 Å². The van der Waals surface area contributed by atoms with E-state index in [1.54, 1.807) is 7.11 Å². The van der Waals surface area contributed by atoms with Gasteiger partial charge in [-0.1, -0.05) is 30.3 Å². The van der Waals surface area contributed by atoms with Gasteiger partial charge in [-0.2, -0.15) is 0 Å². The second kappa shape index (κ2) is 6.41. The molecule has 1 amide bonds. The maximum absolute atomic E-state index is 12.4. The zero-order valence-corrected chi connectivity index (χ0v) is 13.9. The molecule has 0 bridgehead atoms. The standard InChI is InChI=1S/C19H22N2O2/c1-13-10-20-17(14(2)19(13)23-3)12-21-11-16(9-18(21)22)15-7-5-4-6-8-15/h4-8,10,16H,9,11-12H2,1-3H3. The Balaban J connectivity index is 1.78. The lowest BCUT2D eigenvalue weighted by atomic mass is 9.98. The van der Waals surface area contributed by atoms with Crippen LogP contribution in [0.4, 0.5) is 0 Å². The second-order valence-corrected chi connectivity index (χ2v) is 6.13. The number of nitrogens with zero attached hydrogens (tertiary/aromatic N) is 2. The number of carbonyl (C=O) groups is 1. The van der Waals surface area contributed by atoms with Gasteiger partial charge >= 0.3 is 0 Å². The van der Waals surface area contributed by atoms with E-state index in [-0.39, 0.29) is 11.8 Å². The SMILES string of the molecule is COc1c(C)cnc(CN2CC(c3ccccc3)CC2=O)c1C. The summed E-state index contributed by atoms with van der Waals surface area (Å²) in [6.07, 6.45) is 2.39. The summed E-state index contributed by atoms with van der Waals surface area (Å²) in [5.74, 6) is 1.33. The first kappa shape index (κ1) is 15.5. The maximum Gasteiger partial charge on any atom is 0.223 e. The first-order valence-corrected chi connectivity index (χ1v) is 7.92. The Labute approximate surface area is 137 Å². The van der Waals surface area contributed by atoms with Crippen molar-refractivity contribution in [3.8, 4) is 5.75 Å². The van der Waals surface area contributed by atoms with Crippen molar-refractivity contribution in [1.29, 1.82) is 0 Å². The summed E-state index contributed by atoms with van der Waals surface area (Å²) in [5.41, 5.74) is 4.18. The summed E-state index contributed by atoms with van der Waals surface area (Å²) in [6.45, 7) is 5.28. The Bertz CT molecular complexity index is 713. The van der Waals surface area contributed by atoms with Crippen molar-refractivity contribution in [3.63, 3.8) is 0 Å². The third kappa shape index (κ3) is 3.07. The Morgan fingerprint density at radius 2 is 2.00 bits per heavy atom. The molecule has 0 spiro atoms. The molecule has 1 aromatic heterocycles. The Kier molecular flexibility index (Phi) is 4.33. The summed E-state index contributed by atoms with van der Waals surface area (Å²) in [5, 5.41) is 0. The maximum atomic E-state index is 12.4. The molecule has 1 aromatic carbocycles. The van der Waals surface area contributed by atoms with Gasteiger partial charge in [-0.05, 0) is 19.4 Å². The third-order valence-electron chi connectivity index (χ3n) is 4.58. The van der Waals surface area contributed by atoms with E-state index in [0.29, 0.717) is 13.0 Å².